The molecule has 0 bridgehead atoms. The average Bonchev–Trinajstić information content (AvgIpc) is 2.15. The molecule has 0 fully saturated rings. The minimum Gasteiger partial charge on any atom is -0.506 e. The number of aromatic hydroxyl groups is 1. The zero-order valence-electron chi connectivity index (χ0n) is 7.52. The Labute approximate surface area is 95.2 Å². The average molecular weight is 306 g/mol. The highest BCUT2D eigenvalue weighted by Gasteiger charge is 2.40. The van der Waals surface area contributed by atoms with E-state index in [2.05, 4.69) is 20.9 Å². The molecule has 0 saturated heterocycles. The summed E-state index contributed by atoms with van der Waals surface area (Å²) in [6.45, 7) is 0. The van der Waals surface area contributed by atoms with Crippen molar-refractivity contribution in [3.8, 4) is 5.75 Å². The molecule has 0 unspecified atom stereocenters. The van der Waals surface area contributed by atoms with Crippen LogP contribution in [0.15, 0.2) is 6.20 Å². The molecule has 1 aromatic heterocycles. The molecule has 0 aliphatic rings. The molecular weight excluding hydrogens is 301 g/mol. The van der Waals surface area contributed by atoms with Gasteiger partial charge in [-0.05, 0) is 0 Å². The number of alkyl halides is 6. The number of nitrogens with zero attached hydrogens (tertiary/aromatic N) is 1. The van der Waals surface area contributed by atoms with Gasteiger partial charge < -0.3 is 5.11 Å². The fraction of sp³-hybridized carbons (Fsp3) is 0.375. The minimum absolute atomic E-state index is 0.332. The maximum atomic E-state index is 12.5. The monoisotopic (exact) mass is 305 g/mol. The van der Waals surface area contributed by atoms with Gasteiger partial charge in [-0.1, -0.05) is 15.9 Å². The predicted molar refractivity (Wildman–Crippen MR) is 48.5 cm³/mol. The first-order valence-corrected chi connectivity index (χ1v) is 5.03. The molecule has 0 aromatic carbocycles. The molecule has 0 saturated carbocycles. The lowest BCUT2D eigenvalue weighted by Gasteiger charge is -2.16. The Kier molecular flexibility index (Phi) is 3.72. The van der Waals surface area contributed by atoms with E-state index < -0.39 is 35.2 Å². The molecule has 1 aromatic rings. The van der Waals surface area contributed by atoms with Crippen LogP contribution in [0.5, 0.6) is 5.75 Å². The summed E-state index contributed by atoms with van der Waals surface area (Å²) in [6, 6.07) is 0. The molecule has 8 heteroatoms. The number of pyridine rings is 1. The summed E-state index contributed by atoms with van der Waals surface area (Å²) in [5.41, 5.74) is -3.60. The summed E-state index contributed by atoms with van der Waals surface area (Å²) in [6.07, 6.45) is -7.83. The molecule has 90 valence electrons. The number of aromatic nitrogens is 1. The van der Waals surface area contributed by atoms with Crippen LogP contribution in [-0.4, -0.2) is 10.1 Å². The lowest BCUT2D eigenvalue weighted by molar-refractivity contribution is -0.140. The van der Waals surface area contributed by atoms with Crippen LogP contribution in [0, 0.1) is 0 Å². The second-order valence-electron chi connectivity index (χ2n) is 2.81. The molecule has 0 spiro atoms. The molecule has 1 heterocycles. The topological polar surface area (TPSA) is 33.1 Å². The quantitative estimate of drug-likeness (QED) is 0.668. The van der Waals surface area contributed by atoms with Crippen molar-refractivity contribution >= 4 is 15.9 Å². The van der Waals surface area contributed by atoms with Gasteiger partial charge >= 0.3 is 6.18 Å². The number of hydrogen-bond acceptors (Lipinski definition) is 2. The summed E-state index contributed by atoms with van der Waals surface area (Å²) < 4.78 is 62.5. The van der Waals surface area contributed by atoms with Crippen molar-refractivity contribution in [2.75, 3.05) is 0 Å². The molecular formula is C8H5BrF5NO. The molecule has 0 aliphatic heterocycles. The lowest BCUT2D eigenvalue weighted by atomic mass is 10.1. The zero-order valence-corrected chi connectivity index (χ0v) is 9.11. The normalized spacial score (nSPS) is 12.2. The third-order valence-corrected chi connectivity index (χ3v) is 2.34. The minimum atomic E-state index is -4.99. The van der Waals surface area contributed by atoms with Crippen molar-refractivity contribution in [3.05, 3.63) is 23.0 Å². The first-order chi connectivity index (χ1) is 7.29. The van der Waals surface area contributed by atoms with Gasteiger partial charge in [0.05, 0.1) is 23.0 Å². The van der Waals surface area contributed by atoms with Gasteiger partial charge in [0.15, 0.2) is 0 Å². The highest BCUT2D eigenvalue weighted by Crippen LogP contribution is 2.42. The van der Waals surface area contributed by atoms with E-state index in [1.54, 1.807) is 0 Å². The Bertz CT molecular complexity index is 393. The van der Waals surface area contributed by atoms with Crippen LogP contribution in [0.4, 0.5) is 22.0 Å². The lowest BCUT2D eigenvalue weighted by Crippen LogP contribution is -2.14. The maximum absolute atomic E-state index is 12.5. The molecule has 0 amide bonds. The molecule has 1 N–H and O–H groups in total. The molecule has 0 atom stereocenters. The van der Waals surface area contributed by atoms with Gasteiger partial charge in [-0.3, -0.25) is 4.98 Å². The van der Waals surface area contributed by atoms with Crippen LogP contribution in [0.3, 0.4) is 0 Å². The summed E-state index contributed by atoms with van der Waals surface area (Å²) in [7, 11) is 0. The molecule has 2 nitrogen and oxygen atoms in total. The van der Waals surface area contributed by atoms with Crippen molar-refractivity contribution in [3.63, 3.8) is 0 Å². The predicted octanol–water partition coefficient (Wildman–Crippen LogP) is 3.64. The van der Waals surface area contributed by atoms with E-state index in [9.17, 15) is 22.0 Å². The molecule has 1 rings (SSSR count). The van der Waals surface area contributed by atoms with Crippen LogP contribution in [0.2, 0.25) is 0 Å². The molecule has 0 aliphatic carbocycles. The van der Waals surface area contributed by atoms with Crippen LogP contribution in [-0.2, 0) is 11.5 Å². The van der Waals surface area contributed by atoms with Crippen molar-refractivity contribution in [2.45, 2.75) is 17.9 Å². The van der Waals surface area contributed by atoms with E-state index in [1.807, 2.05) is 0 Å². The van der Waals surface area contributed by atoms with Gasteiger partial charge in [0, 0.05) is 5.33 Å². The van der Waals surface area contributed by atoms with Crippen LogP contribution < -0.4 is 0 Å². The largest absolute Gasteiger partial charge is 0.506 e. The number of rotatable bonds is 2. The van der Waals surface area contributed by atoms with Crippen LogP contribution in [0.25, 0.3) is 0 Å². The maximum Gasteiger partial charge on any atom is 0.418 e. The third-order valence-electron chi connectivity index (χ3n) is 1.80. The Balaban J connectivity index is 3.56. The fourth-order valence-electron chi connectivity index (χ4n) is 1.20. The van der Waals surface area contributed by atoms with E-state index in [1.165, 1.54) is 0 Å². The first-order valence-electron chi connectivity index (χ1n) is 3.91. The zero-order chi connectivity index (χ0) is 12.5. The summed E-state index contributed by atoms with van der Waals surface area (Å²) in [5, 5.41) is 8.66. The number of hydrogen-bond donors (Lipinski definition) is 1. The van der Waals surface area contributed by atoms with Crippen molar-refractivity contribution < 1.29 is 27.1 Å². The summed E-state index contributed by atoms with van der Waals surface area (Å²) in [5.74, 6) is -1.16. The van der Waals surface area contributed by atoms with E-state index in [0.29, 0.717) is 6.20 Å². The van der Waals surface area contributed by atoms with Gasteiger partial charge in [-0.25, -0.2) is 8.78 Å². The van der Waals surface area contributed by atoms with Gasteiger partial charge in [-0.15, -0.1) is 0 Å². The summed E-state index contributed by atoms with van der Waals surface area (Å²) in [4.78, 5) is 3.26. The van der Waals surface area contributed by atoms with Gasteiger partial charge in [0.25, 0.3) is 6.43 Å². The number of halogens is 6. The van der Waals surface area contributed by atoms with Crippen LogP contribution >= 0.6 is 15.9 Å². The Morgan fingerprint density at radius 1 is 1.38 bits per heavy atom. The van der Waals surface area contributed by atoms with Crippen molar-refractivity contribution in [1.82, 2.24) is 4.98 Å². The van der Waals surface area contributed by atoms with Gasteiger partial charge in [-0.2, -0.15) is 13.2 Å². The van der Waals surface area contributed by atoms with Crippen molar-refractivity contribution in [1.29, 1.82) is 0 Å². The van der Waals surface area contributed by atoms with Crippen molar-refractivity contribution in [2.24, 2.45) is 0 Å². The van der Waals surface area contributed by atoms with Gasteiger partial charge in [0.1, 0.15) is 5.75 Å². The Hall–Kier alpha value is -0.920. The van der Waals surface area contributed by atoms with E-state index in [4.69, 9.17) is 5.11 Å². The standard InChI is InChI=1S/C8H5BrF5NO/c9-1-3-6(8(12,13)14)5(7(10)11)4(16)2-15-3/h2,7,16H,1H2. The highest BCUT2D eigenvalue weighted by atomic mass is 79.9. The smallest absolute Gasteiger partial charge is 0.418 e. The summed E-state index contributed by atoms with van der Waals surface area (Å²) >= 11 is 2.72. The van der Waals surface area contributed by atoms with E-state index in [-0.39, 0.29) is 5.33 Å². The Morgan fingerprint density at radius 3 is 2.31 bits per heavy atom. The van der Waals surface area contributed by atoms with E-state index in [0.717, 1.165) is 0 Å². The fourth-order valence-corrected chi connectivity index (χ4v) is 1.62. The van der Waals surface area contributed by atoms with E-state index >= 15 is 0 Å². The molecule has 0 radical (unpaired) electrons. The second kappa shape index (κ2) is 4.52. The first kappa shape index (κ1) is 13.1. The highest BCUT2D eigenvalue weighted by molar-refractivity contribution is 9.08. The SMILES string of the molecule is Oc1cnc(CBr)c(C(F)(F)F)c1C(F)F. The van der Waals surface area contributed by atoms with Crippen LogP contribution in [0.1, 0.15) is 23.2 Å². The second-order valence-corrected chi connectivity index (χ2v) is 3.37. The van der Waals surface area contributed by atoms with Gasteiger partial charge in [0.2, 0.25) is 0 Å². The Morgan fingerprint density at radius 2 is 1.94 bits per heavy atom. The molecule has 16 heavy (non-hydrogen) atoms. The third kappa shape index (κ3) is 2.42.